The first-order chi connectivity index (χ1) is 12.5. The third kappa shape index (κ3) is 2.38. The molecule has 0 unspecified atom stereocenters. The maximum absolute atomic E-state index is 12.5. The number of carbonyl (C=O) groups is 2. The first-order valence-corrected chi connectivity index (χ1v) is 8.40. The number of fused-ring (bicyclic) bond motifs is 2. The van der Waals surface area contributed by atoms with E-state index in [0.29, 0.717) is 39.3 Å². The van der Waals surface area contributed by atoms with Crippen molar-refractivity contribution in [3.63, 3.8) is 0 Å². The monoisotopic (exact) mass is 413 g/mol. The number of carbonyl (C=O) groups excluding carboxylic acids is 2. The molecule has 2 aromatic rings. The van der Waals surface area contributed by atoms with E-state index in [0.717, 1.165) is 4.47 Å². The minimum Gasteiger partial charge on any atom is -0.465 e. The first kappa shape index (κ1) is 16.3. The van der Waals surface area contributed by atoms with Crippen LogP contribution in [0, 0.1) is 0 Å². The number of rotatable bonds is 1. The van der Waals surface area contributed by atoms with Crippen LogP contribution in [-0.4, -0.2) is 29.9 Å². The standard InChI is InChI=1S/C18H12BrN3O4/c1-26-18(24)8-2-4-11-12(6-8)20-16(15(11)22-25)14-10-5-3-9(19)7-13(10)21-17(14)23/h2-7,20,25H,1H3,(H,21,23)/b16-14-,22-15-. The number of allylic oxidation sites excluding steroid dienone is 1. The Morgan fingerprint density at radius 2 is 1.85 bits per heavy atom. The van der Waals surface area contributed by atoms with Gasteiger partial charge in [0, 0.05) is 21.3 Å². The summed E-state index contributed by atoms with van der Waals surface area (Å²) < 4.78 is 5.56. The molecule has 0 aromatic heterocycles. The van der Waals surface area contributed by atoms with Gasteiger partial charge in [-0.05, 0) is 30.3 Å². The molecule has 7 nitrogen and oxygen atoms in total. The van der Waals surface area contributed by atoms with Gasteiger partial charge in [-0.25, -0.2) is 4.79 Å². The summed E-state index contributed by atoms with van der Waals surface area (Å²) in [5.41, 5.74) is 3.83. The molecule has 0 fully saturated rings. The Kier molecular flexibility index (Phi) is 3.77. The molecule has 8 heteroatoms. The summed E-state index contributed by atoms with van der Waals surface area (Å²) >= 11 is 3.37. The molecule has 3 N–H and O–H groups in total. The number of amides is 1. The minimum absolute atomic E-state index is 0.234. The van der Waals surface area contributed by atoms with Gasteiger partial charge in [0.2, 0.25) is 0 Å². The average Bonchev–Trinajstić information content (AvgIpc) is 3.15. The molecule has 26 heavy (non-hydrogen) atoms. The van der Waals surface area contributed by atoms with Crippen LogP contribution in [0.3, 0.4) is 0 Å². The number of esters is 1. The van der Waals surface area contributed by atoms with Crippen molar-refractivity contribution in [2.24, 2.45) is 5.16 Å². The second-order valence-corrected chi connectivity index (χ2v) is 6.64. The lowest BCUT2D eigenvalue weighted by molar-refractivity contribution is -0.110. The summed E-state index contributed by atoms with van der Waals surface area (Å²) in [6.07, 6.45) is 0. The maximum atomic E-state index is 12.5. The molecule has 2 aliphatic rings. The zero-order valence-corrected chi connectivity index (χ0v) is 15.0. The minimum atomic E-state index is -0.480. The number of hydrogen-bond acceptors (Lipinski definition) is 6. The molecule has 0 radical (unpaired) electrons. The van der Waals surface area contributed by atoms with E-state index in [-0.39, 0.29) is 11.6 Å². The van der Waals surface area contributed by atoms with Crippen molar-refractivity contribution >= 4 is 50.5 Å². The third-order valence-corrected chi connectivity index (χ3v) is 4.76. The van der Waals surface area contributed by atoms with Gasteiger partial charge in [-0.3, -0.25) is 4.79 Å². The smallest absolute Gasteiger partial charge is 0.337 e. The largest absolute Gasteiger partial charge is 0.465 e. The zero-order chi connectivity index (χ0) is 18.4. The highest BCUT2D eigenvalue weighted by Crippen LogP contribution is 2.40. The van der Waals surface area contributed by atoms with E-state index in [1.807, 2.05) is 6.07 Å². The Morgan fingerprint density at radius 1 is 1.12 bits per heavy atom. The number of nitrogens with zero attached hydrogens (tertiary/aromatic N) is 1. The van der Waals surface area contributed by atoms with Crippen LogP contribution >= 0.6 is 15.9 Å². The lowest BCUT2D eigenvalue weighted by Gasteiger charge is -2.05. The third-order valence-electron chi connectivity index (χ3n) is 4.27. The summed E-state index contributed by atoms with van der Waals surface area (Å²) in [4.78, 5) is 24.3. The van der Waals surface area contributed by atoms with E-state index in [2.05, 4.69) is 31.7 Å². The second kappa shape index (κ2) is 5.99. The van der Waals surface area contributed by atoms with Crippen molar-refractivity contribution in [2.75, 3.05) is 17.7 Å². The van der Waals surface area contributed by atoms with Gasteiger partial charge >= 0.3 is 5.97 Å². The van der Waals surface area contributed by atoms with Gasteiger partial charge < -0.3 is 20.6 Å². The summed E-state index contributed by atoms with van der Waals surface area (Å²) in [5.74, 6) is -0.783. The molecule has 2 aliphatic heterocycles. The number of hydrogen-bond donors (Lipinski definition) is 3. The molecule has 0 spiro atoms. The van der Waals surface area contributed by atoms with Crippen LogP contribution in [0.1, 0.15) is 21.5 Å². The SMILES string of the molecule is COC(=O)c1ccc2c(c1)NC(=C1\C(=O)Nc3cc(Br)ccc31)/C2=N\O. The number of methoxy groups -OCH3 is 1. The highest BCUT2D eigenvalue weighted by molar-refractivity contribution is 9.10. The molecular weight excluding hydrogens is 402 g/mol. The van der Waals surface area contributed by atoms with Gasteiger partial charge in [-0.1, -0.05) is 27.2 Å². The average molecular weight is 414 g/mol. The van der Waals surface area contributed by atoms with Crippen molar-refractivity contribution in [1.82, 2.24) is 0 Å². The molecule has 0 aliphatic carbocycles. The fraction of sp³-hybridized carbons (Fsp3) is 0.0556. The molecule has 0 atom stereocenters. The van der Waals surface area contributed by atoms with Gasteiger partial charge in [0.1, 0.15) is 5.71 Å². The molecule has 1 amide bonds. The zero-order valence-electron chi connectivity index (χ0n) is 13.5. The van der Waals surface area contributed by atoms with Crippen LogP contribution in [0.5, 0.6) is 0 Å². The number of ether oxygens (including phenoxy) is 1. The summed E-state index contributed by atoms with van der Waals surface area (Å²) in [5, 5.41) is 18.8. The molecule has 130 valence electrons. The van der Waals surface area contributed by atoms with E-state index in [1.165, 1.54) is 7.11 Å². The van der Waals surface area contributed by atoms with Crippen molar-refractivity contribution in [1.29, 1.82) is 0 Å². The van der Waals surface area contributed by atoms with Crippen LogP contribution in [-0.2, 0) is 9.53 Å². The highest BCUT2D eigenvalue weighted by atomic mass is 79.9. The van der Waals surface area contributed by atoms with Crippen LogP contribution in [0.15, 0.2) is 51.7 Å². The van der Waals surface area contributed by atoms with Crippen LogP contribution < -0.4 is 10.6 Å². The van der Waals surface area contributed by atoms with E-state index in [1.54, 1.807) is 30.3 Å². The molecule has 2 aromatic carbocycles. The topological polar surface area (TPSA) is 100 Å². The summed E-state index contributed by atoms with van der Waals surface area (Å²) in [6.45, 7) is 0. The predicted octanol–water partition coefficient (Wildman–Crippen LogP) is 3.20. The van der Waals surface area contributed by atoms with Crippen molar-refractivity contribution < 1.29 is 19.5 Å². The fourth-order valence-corrected chi connectivity index (χ4v) is 3.47. The number of benzene rings is 2. The Bertz CT molecular complexity index is 1040. The second-order valence-electron chi connectivity index (χ2n) is 5.72. The van der Waals surface area contributed by atoms with E-state index >= 15 is 0 Å². The molecule has 0 bridgehead atoms. The highest BCUT2D eigenvalue weighted by Gasteiger charge is 2.34. The normalized spacial score (nSPS) is 19.0. The van der Waals surface area contributed by atoms with Gasteiger partial charge in [0.15, 0.2) is 0 Å². The number of halogens is 1. The van der Waals surface area contributed by atoms with Crippen LogP contribution in [0.2, 0.25) is 0 Å². The van der Waals surface area contributed by atoms with Gasteiger partial charge in [0.05, 0.1) is 29.6 Å². The van der Waals surface area contributed by atoms with Gasteiger partial charge in [-0.15, -0.1) is 0 Å². The van der Waals surface area contributed by atoms with E-state index in [9.17, 15) is 14.8 Å². The Balaban J connectivity index is 1.87. The Labute approximate surface area is 156 Å². The first-order valence-electron chi connectivity index (χ1n) is 7.61. The van der Waals surface area contributed by atoms with Gasteiger partial charge in [0.25, 0.3) is 5.91 Å². The molecule has 2 heterocycles. The number of oxime groups is 1. The van der Waals surface area contributed by atoms with Crippen LogP contribution in [0.25, 0.3) is 5.57 Å². The lowest BCUT2D eigenvalue weighted by atomic mass is 10.0. The van der Waals surface area contributed by atoms with Crippen molar-refractivity contribution in [3.8, 4) is 0 Å². The molecular formula is C18H12BrN3O4. The predicted molar refractivity (Wildman–Crippen MR) is 99.4 cm³/mol. The lowest BCUT2D eigenvalue weighted by Crippen LogP contribution is -2.12. The molecule has 4 rings (SSSR count). The van der Waals surface area contributed by atoms with Crippen molar-refractivity contribution in [2.45, 2.75) is 0 Å². The maximum Gasteiger partial charge on any atom is 0.337 e. The van der Waals surface area contributed by atoms with Crippen LogP contribution in [0.4, 0.5) is 11.4 Å². The number of nitrogens with one attached hydrogen (secondary N) is 2. The van der Waals surface area contributed by atoms with Gasteiger partial charge in [-0.2, -0.15) is 0 Å². The summed E-state index contributed by atoms with van der Waals surface area (Å²) in [7, 11) is 1.30. The Hall–Kier alpha value is -3.13. The van der Waals surface area contributed by atoms with E-state index < -0.39 is 5.97 Å². The fourth-order valence-electron chi connectivity index (χ4n) is 3.11. The quantitative estimate of drug-likeness (QED) is 0.288. The molecule has 0 saturated heterocycles. The number of anilines is 2. The van der Waals surface area contributed by atoms with Crippen molar-refractivity contribution in [3.05, 3.63) is 63.3 Å². The molecule has 0 saturated carbocycles. The Morgan fingerprint density at radius 3 is 2.58 bits per heavy atom. The van der Waals surface area contributed by atoms with E-state index in [4.69, 9.17) is 4.74 Å². The summed E-state index contributed by atoms with van der Waals surface area (Å²) in [6, 6.07) is 10.2.